The molecule has 2 N–H and O–H groups in total. The molecule has 61 heavy (non-hydrogen) atoms. The monoisotopic (exact) mass is 868 g/mol. The summed E-state index contributed by atoms with van der Waals surface area (Å²) in [6.07, 6.45) is -1.87. The molecule has 0 unspecified atom stereocenters. The number of ether oxygens (including phenoxy) is 1. The third-order valence-electron chi connectivity index (χ3n) is 14.0. The fourth-order valence-electron chi connectivity index (χ4n) is 10.9. The maximum atomic E-state index is 17.6. The summed E-state index contributed by atoms with van der Waals surface area (Å²) >= 11 is 0.671. The molecule has 1 saturated carbocycles. The fraction of sp³-hybridized carbons (Fsp3) is 0.512. The molecule has 0 bridgehead atoms. The lowest BCUT2D eigenvalue weighted by Crippen LogP contribution is -2.74. The van der Waals surface area contributed by atoms with Crippen molar-refractivity contribution in [3.05, 3.63) is 53.4 Å². The number of nitriles is 1. The topological polar surface area (TPSA) is 142 Å². The second-order valence-corrected chi connectivity index (χ2v) is 18.8. The number of benzene rings is 2. The van der Waals surface area contributed by atoms with Crippen molar-refractivity contribution in [3.63, 3.8) is 0 Å². The summed E-state index contributed by atoms with van der Waals surface area (Å²) in [5, 5.41) is 12.9. The molecule has 2 aromatic carbocycles. The van der Waals surface area contributed by atoms with Crippen molar-refractivity contribution in [3.8, 4) is 23.2 Å². The average molecular weight is 869 g/mol. The largest absolute Gasteiger partial charge is 0.461 e. The Morgan fingerprint density at radius 1 is 1.13 bits per heavy atom. The molecule has 5 aliphatic rings. The molecule has 1 aliphatic carbocycles. The Morgan fingerprint density at radius 2 is 1.92 bits per heavy atom. The molecule has 4 aliphatic heterocycles. The molecular formula is C41H39F7N10O2S. The number of anilines is 2. The van der Waals surface area contributed by atoms with Gasteiger partial charge in [-0.25, -0.2) is 18.0 Å². The smallest absolute Gasteiger partial charge is 0.417 e. The number of amides is 1. The van der Waals surface area contributed by atoms with Crippen molar-refractivity contribution >= 4 is 49.2 Å². The Morgan fingerprint density at radius 3 is 2.62 bits per heavy atom. The van der Waals surface area contributed by atoms with Gasteiger partial charge in [0.05, 0.1) is 21.4 Å². The van der Waals surface area contributed by atoms with Gasteiger partial charge < -0.3 is 20.3 Å². The number of carbonyl (C=O) groups excluding carboxylic acids is 1. The van der Waals surface area contributed by atoms with E-state index in [0.29, 0.717) is 37.1 Å². The van der Waals surface area contributed by atoms with E-state index in [4.69, 9.17) is 15.5 Å². The first kappa shape index (κ1) is 39.8. The maximum absolute atomic E-state index is 17.6. The number of thiophene rings is 1. The Kier molecular flexibility index (Phi) is 8.88. The molecule has 4 saturated heterocycles. The fourth-order valence-corrected chi connectivity index (χ4v) is 11.9. The summed E-state index contributed by atoms with van der Waals surface area (Å²) in [7, 11) is 0. The van der Waals surface area contributed by atoms with E-state index in [1.807, 2.05) is 22.8 Å². The second kappa shape index (κ2) is 13.6. The Labute approximate surface area is 348 Å². The van der Waals surface area contributed by atoms with Gasteiger partial charge in [0.25, 0.3) is 0 Å². The number of piperidine rings is 1. The number of nitrogens with zero attached hydrogens (tertiary/aromatic N) is 9. The minimum absolute atomic E-state index is 0.0253. The number of hydrogen-bond donors (Lipinski definition) is 1. The molecule has 3 aromatic heterocycles. The number of carbonyl (C=O) groups is 1. The zero-order valence-electron chi connectivity index (χ0n) is 33.0. The summed E-state index contributed by atoms with van der Waals surface area (Å²) in [5.74, 6) is -2.26. The van der Waals surface area contributed by atoms with Crippen LogP contribution in [0, 0.1) is 39.9 Å². The Hall–Kier alpha value is -5.29. The van der Waals surface area contributed by atoms with Crippen LogP contribution >= 0.6 is 11.3 Å². The molecule has 20 heteroatoms. The van der Waals surface area contributed by atoms with E-state index in [9.17, 15) is 18.8 Å². The number of hydrogen-bond acceptors (Lipinski definition) is 11. The molecule has 0 radical (unpaired) electrons. The summed E-state index contributed by atoms with van der Waals surface area (Å²) in [4.78, 5) is 31.8. The van der Waals surface area contributed by atoms with Gasteiger partial charge in [-0.3, -0.25) is 4.90 Å². The van der Waals surface area contributed by atoms with Crippen molar-refractivity contribution in [1.82, 2.24) is 34.5 Å². The SMILES string of the molecule is C[C@H]1CC[C@]2(CN(C(=O)n3cnc(F)n3)[C@@H]2C2(C)CC2)CN1c1nc(OC[C@@]23CCCN2C[C@H](F)C3)nc2c(F)c(-c3ccc(F)c4sc(N)c(C#N)c34)c(C(F)(F)F)cc12. The first-order valence-electron chi connectivity index (χ1n) is 20.1. The van der Waals surface area contributed by atoms with Crippen LogP contribution < -0.4 is 15.4 Å². The lowest BCUT2D eigenvalue weighted by molar-refractivity contribution is -0.137. The molecule has 5 fully saturated rings. The molecule has 12 nitrogen and oxygen atoms in total. The highest BCUT2D eigenvalue weighted by Crippen LogP contribution is 2.62. The molecule has 1 amide bonds. The van der Waals surface area contributed by atoms with Gasteiger partial charge in [-0.2, -0.15) is 42.5 Å². The lowest BCUT2D eigenvalue weighted by atomic mass is 9.60. The van der Waals surface area contributed by atoms with Crippen LogP contribution in [0.15, 0.2) is 24.5 Å². The van der Waals surface area contributed by atoms with E-state index in [1.165, 1.54) is 0 Å². The number of rotatable bonds is 6. The first-order valence-corrected chi connectivity index (χ1v) is 21.0. The first-order chi connectivity index (χ1) is 29.0. The lowest BCUT2D eigenvalue weighted by Gasteiger charge is -2.63. The summed E-state index contributed by atoms with van der Waals surface area (Å²) < 4.78 is 114. The second-order valence-electron chi connectivity index (χ2n) is 17.8. The summed E-state index contributed by atoms with van der Waals surface area (Å²) in [6.45, 7) is 5.22. The van der Waals surface area contributed by atoms with Gasteiger partial charge in [0, 0.05) is 59.9 Å². The highest BCUT2D eigenvalue weighted by atomic mass is 32.1. The van der Waals surface area contributed by atoms with Crippen LogP contribution in [0.25, 0.3) is 32.1 Å². The van der Waals surface area contributed by atoms with E-state index in [0.717, 1.165) is 48.5 Å². The number of aromatic nitrogens is 5. The Balaban J connectivity index is 1.14. The van der Waals surface area contributed by atoms with Gasteiger partial charge in [-0.05, 0) is 75.1 Å². The number of fused-ring (bicyclic) bond motifs is 3. The van der Waals surface area contributed by atoms with E-state index in [2.05, 4.69) is 22.0 Å². The average Bonchev–Trinajstić information content (AvgIpc) is 3.53. The van der Waals surface area contributed by atoms with Gasteiger partial charge in [-0.1, -0.05) is 13.0 Å². The van der Waals surface area contributed by atoms with Crippen LogP contribution in [-0.2, 0) is 6.18 Å². The van der Waals surface area contributed by atoms with E-state index in [1.54, 1.807) is 4.90 Å². The third kappa shape index (κ3) is 6.11. The normalized spacial score (nSPS) is 27.2. The number of likely N-dealkylation sites (tertiary alicyclic amines) is 1. The maximum Gasteiger partial charge on any atom is 0.417 e. The minimum Gasteiger partial charge on any atom is -0.461 e. The van der Waals surface area contributed by atoms with E-state index < -0.39 is 69.3 Å². The van der Waals surface area contributed by atoms with Crippen LogP contribution in [0.5, 0.6) is 6.01 Å². The van der Waals surface area contributed by atoms with Gasteiger partial charge in [0.1, 0.15) is 47.3 Å². The van der Waals surface area contributed by atoms with E-state index in [-0.39, 0.29) is 88.0 Å². The molecular weight excluding hydrogens is 830 g/mol. The van der Waals surface area contributed by atoms with Crippen LogP contribution in [0.1, 0.15) is 69.9 Å². The molecule has 5 atom stereocenters. The Bertz CT molecular complexity index is 2700. The van der Waals surface area contributed by atoms with Gasteiger partial charge in [-0.15, -0.1) is 16.4 Å². The molecule has 320 valence electrons. The van der Waals surface area contributed by atoms with Crippen LogP contribution in [0.3, 0.4) is 0 Å². The van der Waals surface area contributed by atoms with Crippen molar-refractivity contribution in [2.24, 2.45) is 10.8 Å². The summed E-state index contributed by atoms with van der Waals surface area (Å²) in [5.41, 5.74) is 0.929. The number of halogens is 7. The molecule has 10 rings (SSSR count). The summed E-state index contributed by atoms with van der Waals surface area (Å²) in [6, 6.07) is 2.95. The van der Waals surface area contributed by atoms with Crippen molar-refractivity contribution in [2.45, 2.75) is 88.8 Å². The van der Waals surface area contributed by atoms with E-state index >= 15 is 22.0 Å². The zero-order valence-corrected chi connectivity index (χ0v) is 33.8. The third-order valence-corrected chi connectivity index (χ3v) is 15.0. The van der Waals surface area contributed by atoms with Crippen LogP contribution in [0.4, 0.5) is 46.3 Å². The number of nitrogens with two attached hydrogens (primary N) is 1. The predicted octanol–water partition coefficient (Wildman–Crippen LogP) is 8.08. The number of nitrogen functional groups attached to an aromatic ring is 1. The molecule has 1 spiro atoms. The highest BCUT2D eigenvalue weighted by molar-refractivity contribution is 7.23. The van der Waals surface area contributed by atoms with Crippen LogP contribution in [0.2, 0.25) is 0 Å². The number of alkyl halides is 4. The van der Waals surface area contributed by atoms with Crippen molar-refractivity contribution in [2.75, 3.05) is 43.4 Å². The van der Waals surface area contributed by atoms with Crippen LogP contribution in [-0.4, -0.2) is 97.1 Å². The van der Waals surface area contributed by atoms with Crippen molar-refractivity contribution in [1.29, 1.82) is 5.26 Å². The molecule has 5 aromatic rings. The molecule has 7 heterocycles. The van der Waals surface area contributed by atoms with Gasteiger partial charge in [0.15, 0.2) is 5.82 Å². The minimum atomic E-state index is -5.17. The highest BCUT2D eigenvalue weighted by Gasteiger charge is 2.66. The van der Waals surface area contributed by atoms with Gasteiger partial charge >= 0.3 is 24.3 Å². The zero-order chi connectivity index (χ0) is 43.0. The van der Waals surface area contributed by atoms with Crippen molar-refractivity contribution < 1.29 is 40.3 Å². The predicted molar refractivity (Wildman–Crippen MR) is 210 cm³/mol. The quantitative estimate of drug-likeness (QED) is 0.167. The van der Waals surface area contributed by atoms with Gasteiger partial charge in [0.2, 0.25) is 0 Å². The standard InChI is InChI=1S/C41H39F7N10O2S/c1-20-6-8-39(17-57(34(39)38(2)9-10-38)37(59)58-19-51-35(45)54-58)16-56(20)33-23-12-25(41(46,47)48)28(22-4-5-26(43)31-27(22)24(14-49)32(50)61-31)29(44)30(23)52-36(53-33)60-18-40-7-3-11-55(40)15-21(42)13-40/h4-5,12,19-21,34H,3,6-11,13,15-18,50H2,1-2H3/t20-,21+,34+,39+,40-/m0/s1.